The largest absolute Gasteiger partial charge is 0.444 e. The highest BCUT2D eigenvalue weighted by Gasteiger charge is 2.33. The summed E-state index contributed by atoms with van der Waals surface area (Å²) in [6.07, 6.45) is 2.76. The highest BCUT2D eigenvalue weighted by molar-refractivity contribution is 5.67. The molecule has 3 N–H and O–H groups in total. The van der Waals surface area contributed by atoms with Crippen LogP contribution in [0.5, 0.6) is 0 Å². The minimum Gasteiger partial charge on any atom is -0.444 e. The van der Waals surface area contributed by atoms with Crippen molar-refractivity contribution in [2.45, 2.75) is 58.6 Å². The number of ether oxygens (including phenoxy) is 1. The monoisotopic (exact) mass is 228 g/mol. The Hall–Kier alpha value is -0.770. The minimum atomic E-state index is -0.433. The predicted molar refractivity (Wildman–Crippen MR) is 64.2 cm³/mol. The summed E-state index contributed by atoms with van der Waals surface area (Å²) in [4.78, 5) is 11.5. The van der Waals surface area contributed by atoms with Gasteiger partial charge in [-0.2, -0.15) is 0 Å². The highest BCUT2D eigenvalue weighted by atomic mass is 16.6. The van der Waals surface area contributed by atoms with Gasteiger partial charge >= 0.3 is 6.09 Å². The number of alkyl carbamates (subject to hydrolysis) is 1. The number of nitrogens with two attached hydrogens (primary N) is 1. The Morgan fingerprint density at radius 2 is 2.19 bits per heavy atom. The van der Waals surface area contributed by atoms with Crippen LogP contribution in [0.3, 0.4) is 0 Å². The number of hydrogen-bond acceptors (Lipinski definition) is 3. The zero-order valence-corrected chi connectivity index (χ0v) is 10.8. The van der Waals surface area contributed by atoms with Crippen molar-refractivity contribution in [3.05, 3.63) is 0 Å². The van der Waals surface area contributed by atoms with Gasteiger partial charge in [-0.25, -0.2) is 4.79 Å². The third kappa shape index (κ3) is 4.39. The molecule has 1 aliphatic carbocycles. The maximum Gasteiger partial charge on any atom is 0.407 e. The van der Waals surface area contributed by atoms with Crippen LogP contribution in [-0.4, -0.2) is 24.3 Å². The van der Waals surface area contributed by atoms with Crippen LogP contribution < -0.4 is 11.1 Å². The van der Waals surface area contributed by atoms with E-state index in [2.05, 4.69) is 12.2 Å². The molecule has 4 heteroatoms. The van der Waals surface area contributed by atoms with Crippen molar-refractivity contribution in [2.75, 3.05) is 6.54 Å². The molecule has 1 fully saturated rings. The lowest BCUT2D eigenvalue weighted by atomic mass is 9.88. The molecule has 1 saturated carbocycles. The zero-order chi connectivity index (χ0) is 12.4. The molecule has 2 unspecified atom stereocenters. The molecule has 0 spiro atoms. The molecule has 0 aliphatic heterocycles. The van der Waals surface area contributed by atoms with E-state index in [1.165, 1.54) is 0 Å². The van der Waals surface area contributed by atoms with E-state index in [9.17, 15) is 4.79 Å². The van der Waals surface area contributed by atoms with Gasteiger partial charge < -0.3 is 15.8 Å². The Morgan fingerprint density at radius 1 is 1.56 bits per heavy atom. The number of rotatable bonds is 2. The van der Waals surface area contributed by atoms with E-state index in [1.54, 1.807) is 0 Å². The van der Waals surface area contributed by atoms with E-state index in [1.807, 2.05) is 20.8 Å². The molecule has 0 aromatic heterocycles. The summed E-state index contributed by atoms with van der Waals surface area (Å²) in [5.74, 6) is 0. The van der Waals surface area contributed by atoms with Crippen LogP contribution in [0.2, 0.25) is 0 Å². The topological polar surface area (TPSA) is 64.3 Å². The van der Waals surface area contributed by atoms with Gasteiger partial charge in [0.1, 0.15) is 5.60 Å². The molecule has 2 atom stereocenters. The van der Waals surface area contributed by atoms with Gasteiger partial charge in [-0.05, 0) is 45.4 Å². The van der Waals surface area contributed by atoms with E-state index >= 15 is 0 Å². The second-order valence-electron chi connectivity index (χ2n) is 6.17. The lowest BCUT2D eigenvalue weighted by Gasteiger charge is -2.26. The SMILES string of the molecule is CC1(CNC(=O)OC(C)(C)C)CCC(N)C1. The number of carbonyl (C=O) groups is 1. The third-order valence-electron chi connectivity index (χ3n) is 2.93. The van der Waals surface area contributed by atoms with Gasteiger partial charge in [-0.3, -0.25) is 0 Å². The first-order valence-corrected chi connectivity index (χ1v) is 5.93. The number of carbonyl (C=O) groups excluding carboxylic acids is 1. The Bertz CT molecular complexity index is 260. The van der Waals surface area contributed by atoms with Gasteiger partial charge in [0, 0.05) is 12.6 Å². The molecular formula is C12H24N2O2. The summed E-state index contributed by atoms with van der Waals surface area (Å²) in [5, 5.41) is 2.83. The molecule has 1 rings (SSSR count). The number of hydrogen-bond donors (Lipinski definition) is 2. The van der Waals surface area contributed by atoms with Crippen molar-refractivity contribution >= 4 is 6.09 Å². The first-order valence-electron chi connectivity index (χ1n) is 5.93. The molecule has 0 bridgehead atoms. The van der Waals surface area contributed by atoms with Crippen molar-refractivity contribution < 1.29 is 9.53 Å². The quantitative estimate of drug-likeness (QED) is 0.760. The summed E-state index contributed by atoms with van der Waals surface area (Å²) < 4.78 is 5.19. The maximum atomic E-state index is 11.5. The summed E-state index contributed by atoms with van der Waals surface area (Å²) in [7, 11) is 0. The van der Waals surface area contributed by atoms with Crippen molar-refractivity contribution in [3.63, 3.8) is 0 Å². The predicted octanol–water partition coefficient (Wildman–Crippen LogP) is 2.03. The Balaban J connectivity index is 2.32. The second kappa shape index (κ2) is 4.62. The molecule has 0 radical (unpaired) electrons. The van der Waals surface area contributed by atoms with E-state index in [4.69, 9.17) is 10.5 Å². The molecule has 1 amide bonds. The van der Waals surface area contributed by atoms with Crippen molar-refractivity contribution in [2.24, 2.45) is 11.1 Å². The van der Waals surface area contributed by atoms with E-state index in [0.29, 0.717) is 6.54 Å². The van der Waals surface area contributed by atoms with Crippen molar-refractivity contribution in [1.82, 2.24) is 5.32 Å². The van der Waals surface area contributed by atoms with Gasteiger partial charge in [0.2, 0.25) is 0 Å². The van der Waals surface area contributed by atoms with Crippen LogP contribution in [-0.2, 0) is 4.74 Å². The molecule has 16 heavy (non-hydrogen) atoms. The Kier molecular flexibility index (Phi) is 3.84. The van der Waals surface area contributed by atoms with E-state index in [0.717, 1.165) is 19.3 Å². The fourth-order valence-electron chi connectivity index (χ4n) is 2.13. The maximum absolute atomic E-state index is 11.5. The van der Waals surface area contributed by atoms with Crippen LogP contribution in [0.4, 0.5) is 4.79 Å². The van der Waals surface area contributed by atoms with Gasteiger partial charge in [0.05, 0.1) is 0 Å². The standard InChI is InChI=1S/C12H24N2O2/c1-11(2,3)16-10(15)14-8-12(4)6-5-9(13)7-12/h9H,5-8,13H2,1-4H3,(H,14,15). The molecule has 0 saturated heterocycles. The number of nitrogens with one attached hydrogen (secondary N) is 1. The summed E-state index contributed by atoms with van der Waals surface area (Å²) in [6, 6.07) is 0.283. The summed E-state index contributed by atoms with van der Waals surface area (Å²) >= 11 is 0. The van der Waals surface area contributed by atoms with E-state index in [-0.39, 0.29) is 17.6 Å². The smallest absolute Gasteiger partial charge is 0.407 e. The lowest BCUT2D eigenvalue weighted by molar-refractivity contribution is 0.0503. The van der Waals surface area contributed by atoms with Gasteiger partial charge in [0.25, 0.3) is 0 Å². The van der Waals surface area contributed by atoms with Crippen molar-refractivity contribution in [3.8, 4) is 0 Å². The molecule has 0 heterocycles. The third-order valence-corrected chi connectivity index (χ3v) is 2.93. The van der Waals surface area contributed by atoms with Crippen LogP contribution in [0.25, 0.3) is 0 Å². The minimum absolute atomic E-state index is 0.135. The van der Waals surface area contributed by atoms with Crippen LogP contribution in [0.15, 0.2) is 0 Å². The van der Waals surface area contributed by atoms with Gasteiger partial charge in [-0.15, -0.1) is 0 Å². The fourth-order valence-corrected chi connectivity index (χ4v) is 2.13. The van der Waals surface area contributed by atoms with Crippen LogP contribution in [0.1, 0.15) is 47.0 Å². The molecule has 0 aromatic carbocycles. The first-order chi connectivity index (χ1) is 7.20. The Labute approximate surface area is 97.9 Å². The number of amides is 1. The normalized spacial score (nSPS) is 30.2. The Morgan fingerprint density at radius 3 is 2.62 bits per heavy atom. The first kappa shape index (κ1) is 13.3. The van der Waals surface area contributed by atoms with Crippen molar-refractivity contribution in [1.29, 1.82) is 0 Å². The lowest BCUT2D eigenvalue weighted by Crippen LogP contribution is -2.38. The average molecular weight is 228 g/mol. The van der Waals surface area contributed by atoms with E-state index < -0.39 is 5.60 Å². The van der Waals surface area contributed by atoms with Crippen LogP contribution in [0, 0.1) is 5.41 Å². The zero-order valence-electron chi connectivity index (χ0n) is 10.8. The van der Waals surface area contributed by atoms with Gasteiger partial charge in [0.15, 0.2) is 0 Å². The second-order valence-corrected chi connectivity index (χ2v) is 6.17. The average Bonchev–Trinajstić information content (AvgIpc) is 2.41. The molecule has 1 aliphatic rings. The molecular weight excluding hydrogens is 204 g/mol. The van der Waals surface area contributed by atoms with Gasteiger partial charge in [-0.1, -0.05) is 6.92 Å². The van der Waals surface area contributed by atoms with Crippen LogP contribution >= 0.6 is 0 Å². The highest BCUT2D eigenvalue weighted by Crippen LogP contribution is 2.36. The summed E-state index contributed by atoms with van der Waals surface area (Å²) in [6.45, 7) is 8.40. The molecule has 0 aromatic rings. The summed E-state index contributed by atoms with van der Waals surface area (Å²) in [5.41, 5.74) is 5.58. The molecule has 4 nitrogen and oxygen atoms in total. The molecule has 94 valence electrons. The fraction of sp³-hybridized carbons (Fsp3) is 0.917.